The van der Waals surface area contributed by atoms with E-state index in [-0.39, 0.29) is 38.1 Å². The van der Waals surface area contributed by atoms with Gasteiger partial charge in [0, 0.05) is 6.54 Å². The van der Waals surface area contributed by atoms with Crippen molar-refractivity contribution in [2.45, 2.75) is 32.7 Å². The van der Waals surface area contributed by atoms with Crippen LogP contribution in [0.1, 0.15) is 25.3 Å². The van der Waals surface area contributed by atoms with Crippen molar-refractivity contribution in [1.29, 1.82) is 0 Å². The number of nitrogens with zero attached hydrogens (tertiary/aromatic N) is 1. The fourth-order valence-corrected chi connectivity index (χ4v) is 2.14. The maximum atomic E-state index is 12.4. The number of aliphatic hydroxyl groups is 1. The molecule has 1 unspecified atom stereocenters. The van der Waals surface area contributed by atoms with Crippen LogP contribution in [0.25, 0.3) is 0 Å². The van der Waals surface area contributed by atoms with Crippen molar-refractivity contribution >= 4 is 11.9 Å². The average molecular weight is 323 g/mol. The molecule has 0 saturated carbocycles. The summed E-state index contributed by atoms with van der Waals surface area (Å²) >= 11 is 0. The summed E-state index contributed by atoms with van der Waals surface area (Å²) in [4.78, 5) is 25.2. The van der Waals surface area contributed by atoms with Gasteiger partial charge in [-0.05, 0) is 25.5 Å². The van der Waals surface area contributed by atoms with Gasteiger partial charge in [-0.25, -0.2) is 0 Å². The number of ether oxygens (including phenoxy) is 2. The van der Waals surface area contributed by atoms with Crippen LogP contribution in [-0.2, 0) is 14.3 Å². The first-order valence-electron chi connectivity index (χ1n) is 7.68. The smallest absolute Gasteiger partial charge is 0.307 e. The lowest BCUT2D eigenvalue weighted by atomic mass is 10.2. The number of aliphatic hydroxyl groups excluding tert-OH is 1. The number of amides is 1. The van der Waals surface area contributed by atoms with Gasteiger partial charge in [-0.1, -0.05) is 24.6 Å². The Morgan fingerprint density at radius 2 is 1.91 bits per heavy atom. The van der Waals surface area contributed by atoms with Gasteiger partial charge >= 0.3 is 5.97 Å². The highest BCUT2D eigenvalue weighted by Gasteiger charge is 2.23. The topological polar surface area (TPSA) is 76.1 Å². The number of benzene rings is 1. The molecule has 0 spiro atoms. The minimum atomic E-state index is -0.393. The first kappa shape index (κ1) is 19.0. The summed E-state index contributed by atoms with van der Waals surface area (Å²) < 4.78 is 10.1. The van der Waals surface area contributed by atoms with Gasteiger partial charge in [0.25, 0.3) is 5.91 Å². The summed E-state index contributed by atoms with van der Waals surface area (Å²) in [6, 6.07) is 7.05. The molecule has 1 rings (SSSR count). The molecule has 1 amide bonds. The molecule has 0 radical (unpaired) electrons. The number of methoxy groups -OCH3 is 1. The highest BCUT2D eigenvalue weighted by atomic mass is 16.5. The van der Waals surface area contributed by atoms with E-state index in [4.69, 9.17) is 4.74 Å². The largest absolute Gasteiger partial charge is 0.484 e. The van der Waals surface area contributed by atoms with E-state index in [0.717, 1.165) is 5.56 Å². The fourth-order valence-electron chi connectivity index (χ4n) is 2.14. The van der Waals surface area contributed by atoms with Crippen LogP contribution in [0.2, 0.25) is 0 Å². The van der Waals surface area contributed by atoms with E-state index in [1.54, 1.807) is 12.1 Å². The zero-order valence-corrected chi connectivity index (χ0v) is 13.9. The maximum absolute atomic E-state index is 12.4. The van der Waals surface area contributed by atoms with Gasteiger partial charge in [0.05, 0.1) is 26.2 Å². The van der Waals surface area contributed by atoms with Gasteiger partial charge in [0.2, 0.25) is 0 Å². The molecule has 0 bridgehead atoms. The summed E-state index contributed by atoms with van der Waals surface area (Å²) in [5.74, 6) is -0.0562. The number of hydrogen-bond donors (Lipinski definition) is 1. The maximum Gasteiger partial charge on any atom is 0.307 e. The predicted octanol–water partition coefficient (Wildman–Crippen LogP) is 1.54. The molecule has 6 nitrogen and oxygen atoms in total. The first-order chi connectivity index (χ1) is 11.0. The second-order valence-corrected chi connectivity index (χ2v) is 5.26. The van der Waals surface area contributed by atoms with Gasteiger partial charge < -0.3 is 19.5 Å². The summed E-state index contributed by atoms with van der Waals surface area (Å²) in [6.45, 7) is 3.74. The van der Waals surface area contributed by atoms with Crippen molar-refractivity contribution in [3.05, 3.63) is 29.8 Å². The summed E-state index contributed by atoms with van der Waals surface area (Å²) in [6.07, 6.45) is 0.678. The van der Waals surface area contributed by atoms with E-state index in [1.165, 1.54) is 12.0 Å². The van der Waals surface area contributed by atoms with Crippen LogP contribution in [0.15, 0.2) is 24.3 Å². The third kappa shape index (κ3) is 6.28. The average Bonchev–Trinajstić information content (AvgIpc) is 2.57. The molecule has 0 aliphatic heterocycles. The molecular formula is C17H25NO5. The standard InChI is InChI=1S/C17H25NO5/c1-4-14(11-19)18(10-9-17(21)22-3)16(20)12-23-15-7-5-13(2)6-8-15/h5-8,14,19H,4,9-12H2,1-3H3. The highest BCUT2D eigenvalue weighted by Crippen LogP contribution is 2.12. The third-order valence-corrected chi connectivity index (χ3v) is 3.61. The molecule has 0 saturated heterocycles. The van der Waals surface area contributed by atoms with Crippen LogP contribution in [0.5, 0.6) is 5.75 Å². The van der Waals surface area contributed by atoms with Crippen molar-refractivity contribution in [3.63, 3.8) is 0 Å². The first-order valence-corrected chi connectivity index (χ1v) is 7.68. The van der Waals surface area contributed by atoms with E-state index >= 15 is 0 Å². The SMILES string of the molecule is CCC(CO)N(CCC(=O)OC)C(=O)COc1ccc(C)cc1. The highest BCUT2D eigenvalue weighted by molar-refractivity contribution is 5.79. The number of rotatable bonds is 9. The molecular weight excluding hydrogens is 298 g/mol. The summed E-state index contributed by atoms with van der Waals surface area (Å²) in [5, 5.41) is 9.43. The zero-order valence-electron chi connectivity index (χ0n) is 13.9. The number of hydrogen-bond acceptors (Lipinski definition) is 5. The molecule has 128 valence electrons. The number of carbonyl (C=O) groups is 2. The van der Waals surface area contributed by atoms with E-state index in [9.17, 15) is 14.7 Å². The Balaban J connectivity index is 2.65. The second-order valence-electron chi connectivity index (χ2n) is 5.26. The van der Waals surface area contributed by atoms with Gasteiger partial charge in [-0.2, -0.15) is 0 Å². The molecule has 1 aromatic carbocycles. The van der Waals surface area contributed by atoms with Crippen LogP contribution in [0.3, 0.4) is 0 Å². The van der Waals surface area contributed by atoms with E-state index < -0.39 is 5.97 Å². The molecule has 0 aromatic heterocycles. The molecule has 0 fully saturated rings. The number of aryl methyl sites for hydroxylation is 1. The van der Waals surface area contributed by atoms with Crippen LogP contribution in [0.4, 0.5) is 0 Å². The zero-order chi connectivity index (χ0) is 17.2. The summed E-state index contributed by atoms with van der Waals surface area (Å²) in [7, 11) is 1.30. The van der Waals surface area contributed by atoms with Crippen molar-refractivity contribution in [1.82, 2.24) is 4.90 Å². The molecule has 0 aliphatic rings. The lowest BCUT2D eigenvalue weighted by molar-refractivity contribution is -0.143. The van der Waals surface area contributed by atoms with Crippen molar-refractivity contribution in [2.24, 2.45) is 0 Å². The van der Waals surface area contributed by atoms with Crippen LogP contribution in [-0.4, -0.2) is 54.8 Å². The van der Waals surface area contributed by atoms with Gasteiger partial charge in [-0.3, -0.25) is 9.59 Å². The van der Waals surface area contributed by atoms with Crippen LogP contribution in [0, 0.1) is 6.92 Å². The van der Waals surface area contributed by atoms with Crippen molar-refractivity contribution in [3.8, 4) is 5.75 Å². The lowest BCUT2D eigenvalue weighted by Crippen LogP contribution is -2.45. The molecule has 23 heavy (non-hydrogen) atoms. The summed E-state index contributed by atoms with van der Waals surface area (Å²) in [5.41, 5.74) is 1.11. The van der Waals surface area contributed by atoms with E-state index in [1.807, 2.05) is 26.0 Å². The predicted molar refractivity (Wildman–Crippen MR) is 86.2 cm³/mol. The Morgan fingerprint density at radius 3 is 2.43 bits per heavy atom. The normalized spacial score (nSPS) is 11.7. The Kier molecular flexibility index (Phi) is 8.11. The Morgan fingerprint density at radius 1 is 1.26 bits per heavy atom. The van der Waals surface area contributed by atoms with Crippen molar-refractivity contribution in [2.75, 3.05) is 26.9 Å². The molecule has 6 heteroatoms. The van der Waals surface area contributed by atoms with Crippen LogP contribution < -0.4 is 4.74 Å². The lowest BCUT2D eigenvalue weighted by Gasteiger charge is -2.29. The fraction of sp³-hybridized carbons (Fsp3) is 0.529. The molecule has 1 atom stereocenters. The van der Waals surface area contributed by atoms with Crippen LogP contribution >= 0.6 is 0 Å². The molecule has 0 heterocycles. The minimum absolute atomic E-state index is 0.0866. The van der Waals surface area contributed by atoms with E-state index in [2.05, 4.69) is 4.74 Å². The number of carbonyl (C=O) groups excluding carboxylic acids is 2. The van der Waals surface area contributed by atoms with Crippen molar-refractivity contribution < 1.29 is 24.2 Å². The Hall–Kier alpha value is -2.08. The number of esters is 1. The quantitative estimate of drug-likeness (QED) is 0.698. The van der Waals surface area contributed by atoms with Gasteiger partial charge in [-0.15, -0.1) is 0 Å². The Bertz CT molecular complexity index is 496. The molecule has 1 aromatic rings. The monoisotopic (exact) mass is 323 g/mol. The van der Waals surface area contributed by atoms with E-state index in [0.29, 0.717) is 12.2 Å². The van der Waals surface area contributed by atoms with Gasteiger partial charge in [0.15, 0.2) is 6.61 Å². The molecule has 0 aliphatic carbocycles. The Labute approximate surface area is 137 Å². The second kappa shape index (κ2) is 9.84. The molecule has 1 N–H and O–H groups in total. The van der Waals surface area contributed by atoms with Gasteiger partial charge in [0.1, 0.15) is 5.75 Å². The minimum Gasteiger partial charge on any atom is -0.484 e. The third-order valence-electron chi connectivity index (χ3n) is 3.61.